The third-order valence-electron chi connectivity index (χ3n) is 6.00. The first-order valence-electron chi connectivity index (χ1n) is 10.7. The van der Waals surface area contributed by atoms with Crippen LogP contribution in [0, 0.1) is 6.92 Å². The predicted octanol–water partition coefficient (Wildman–Crippen LogP) is 2.64. The van der Waals surface area contributed by atoms with Gasteiger partial charge in [-0.1, -0.05) is 11.6 Å². The van der Waals surface area contributed by atoms with Gasteiger partial charge >= 0.3 is 5.69 Å². The van der Waals surface area contributed by atoms with E-state index in [2.05, 4.69) is 15.4 Å². The van der Waals surface area contributed by atoms with Crippen LogP contribution in [0.1, 0.15) is 34.6 Å². The van der Waals surface area contributed by atoms with E-state index in [4.69, 9.17) is 4.98 Å². The number of nitrogens with zero attached hydrogens (tertiary/aromatic N) is 5. The van der Waals surface area contributed by atoms with Crippen molar-refractivity contribution in [1.82, 2.24) is 29.6 Å². The van der Waals surface area contributed by atoms with Crippen molar-refractivity contribution >= 4 is 16.8 Å². The average molecular weight is 428 g/mol. The molecule has 0 fully saturated rings. The molecule has 1 aromatic carbocycles. The van der Waals surface area contributed by atoms with Gasteiger partial charge in [-0.25, -0.2) is 14.5 Å². The number of amides is 1. The van der Waals surface area contributed by atoms with Gasteiger partial charge in [-0.15, -0.1) is 0 Å². The van der Waals surface area contributed by atoms with Gasteiger partial charge in [0.05, 0.1) is 16.8 Å². The standard InChI is InChI=1S/C24H24N6O2/c1-15-5-7-20-18(12-15)19(13-21(27-20)16-4-3-10-25-14-16)23(31)26-17-6-8-22-28-29(2)24(32)30(22)11-9-17/h3-5,7,10,12-14,17H,6,8-9,11H2,1-2H3,(H,26,31). The Kier molecular flexibility index (Phi) is 5.05. The number of aromatic nitrogens is 5. The zero-order chi connectivity index (χ0) is 22.2. The molecule has 5 rings (SSSR count). The van der Waals surface area contributed by atoms with Crippen LogP contribution in [0.3, 0.4) is 0 Å². The summed E-state index contributed by atoms with van der Waals surface area (Å²) in [6.45, 7) is 2.55. The maximum atomic E-state index is 13.4. The molecule has 1 aliphatic heterocycles. The summed E-state index contributed by atoms with van der Waals surface area (Å²) in [6.07, 6.45) is 5.53. The molecule has 4 aromatic rings. The lowest BCUT2D eigenvalue weighted by Crippen LogP contribution is -2.36. The summed E-state index contributed by atoms with van der Waals surface area (Å²) in [6, 6.07) is 11.5. The number of hydrogen-bond acceptors (Lipinski definition) is 5. The molecule has 0 saturated carbocycles. The Morgan fingerprint density at radius 3 is 2.88 bits per heavy atom. The molecule has 1 unspecified atom stereocenters. The van der Waals surface area contributed by atoms with Crippen LogP contribution in [0.5, 0.6) is 0 Å². The maximum absolute atomic E-state index is 13.4. The lowest BCUT2D eigenvalue weighted by Gasteiger charge is -2.17. The van der Waals surface area contributed by atoms with Gasteiger partial charge in [0.25, 0.3) is 5.91 Å². The van der Waals surface area contributed by atoms with Crippen LogP contribution in [0.25, 0.3) is 22.2 Å². The highest BCUT2D eigenvalue weighted by Gasteiger charge is 2.23. The molecule has 1 atom stereocenters. The summed E-state index contributed by atoms with van der Waals surface area (Å²) in [5, 5.41) is 8.34. The summed E-state index contributed by atoms with van der Waals surface area (Å²) < 4.78 is 3.08. The van der Waals surface area contributed by atoms with Crippen molar-refractivity contribution in [2.75, 3.05) is 0 Å². The van der Waals surface area contributed by atoms with Gasteiger partial charge in [-0.2, -0.15) is 5.10 Å². The van der Waals surface area contributed by atoms with Gasteiger partial charge < -0.3 is 5.32 Å². The van der Waals surface area contributed by atoms with Crippen LogP contribution in [-0.2, 0) is 20.0 Å². The Labute approximate surface area is 184 Å². The molecule has 4 heterocycles. The second-order valence-corrected chi connectivity index (χ2v) is 8.29. The fraction of sp³-hybridized carbons (Fsp3) is 0.292. The minimum Gasteiger partial charge on any atom is -0.349 e. The molecule has 8 heteroatoms. The third-order valence-corrected chi connectivity index (χ3v) is 6.00. The summed E-state index contributed by atoms with van der Waals surface area (Å²) >= 11 is 0. The molecule has 1 N–H and O–H groups in total. The number of fused-ring (bicyclic) bond motifs is 2. The zero-order valence-electron chi connectivity index (χ0n) is 18.1. The molecule has 32 heavy (non-hydrogen) atoms. The minimum absolute atomic E-state index is 0.0382. The first-order chi connectivity index (χ1) is 15.5. The number of aryl methyl sites for hydroxylation is 3. The summed E-state index contributed by atoms with van der Waals surface area (Å²) in [5.74, 6) is 0.642. The molecule has 0 saturated heterocycles. The molecule has 3 aromatic heterocycles. The Bertz CT molecular complexity index is 1370. The summed E-state index contributed by atoms with van der Waals surface area (Å²) in [5.41, 5.74) is 3.90. The molecule has 0 aliphatic carbocycles. The Hall–Kier alpha value is -3.81. The summed E-state index contributed by atoms with van der Waals surface area (Å²) in [4.78, 5) is 34.6. The Morgan fingerprint density at radius 2 is 2.06 bits per heavy atom. The van der Waals surface area contributed by atoms with Crippen LogP contribution in [-0.4, -0.2) is 36.3 Å². The normalized spacial score (nSPS) is 15.9. The molecule has 1 amide bonds. The van der Waals surface area contributed by atoms with Crippen molar-refractivity contribution in [2.45, 2.75) is 38.8 Å². The van der Waals surface area contributed by atoms with E-state index >= 15 is 0 Å². The largest absolute Gasteiger partial charge is 0.349 e. The lowest BCUT2D eigenvalue weighted by atomic mass is 10.0. The average Bonchev–Trinajstić information content (AvgIpc) is 2.95. The van der Waals surface area contributed by atoms with Crippen LogP contribution in [0.15, 0.2) is 53.6 Å². The molecule has 0 spiro atoms. The Morgan fingerprint density at radius 1 is 1.19 bits per heavy atom. The smallest absolute Gasteiger partial charge is 0.345 e. The van der Waals surface area contributed by atoms with E-state index in [0.29, 0.717) is 30.6 Å². The van der Waals surface area contributed by atoms with Gasteiger partial charge in [0.15, 0.2) is 0 Å². The molecular weight excluding hydrogens is 404 g/mol. The van der Waals surface area contributed by atoms with E-state index in [1.165, 1.54) is 4.68 Å². The lowest BCUT2D eigenvalue weighted by molar-refractivity contribution is 0.0934. The molecular formula is C24H24N6O2. The number of benzene rings is 1. The minimum atomic E-state index is -0.134. The van der Waals surface area contributed by atoms with Crippen molar-refractivity contribution in [3.8, 4) is 11.3 Å². The summed E-state index contributed by atoms with van der Waals surface area (Å²) in [7, 11) is 1.67. The number of carbonyl (C=O) groups is 1. The van der Waals surface area contributed by atoms with E-state index in [1.54, 1.807) is 24.0 Å². The second kappa shape index (κ2) is 8.03. The number of carbonyl (C=O) groups excluding carboxylic acids is 1. The molecule has 162 valence electrons. The monoisotopic (exact) mass is 428 g/mol. The van der Waals surface area contributed by atoms with Gasteiger partial charge in [-0.3, -0.25) is 14.3 Å². The first kappa shape index (κ1) is 20.1. The van der Waals surface area contributed by atoms with Gasteiger partial charge in [0.2, 0.25) is 0 Å². The fourth-order valence-electron chi connectivity index (χ4n) is 4.29. The van der Waals surface area contributed by atoms with Crippen molar-refractivity contribution in [3.05, 3.63) is 76.2 Å². The zero-order valence-corrected chi connectivity index (χ0v) is 18.1. The number of hydrogen-bond donors (Lipinski definition) is 1. The number of pyridine rings is 2. The quantitative estimate of drug-likeness (QED) is 0.541. The molecule has 1 aliphatic rings. The predicted molar refractivity (Wildman–Crippen MR) is 121 cm³/mol. The highest BCUT2D eigenvalue weighted by molar-refractivity contribution is 6.07. The van der Waals surface area contributed by atoms with Crippen LogP contribution in [0.4, 0.5) is 0 Å². The molecule has 0 radical (unpaired) electrons. The first-order valence-corrected chi connectivity index (χ1v) is 10.7. The van der Waals surface area contributed by atoms with Crippen molar-refractivity contribution in [3.63, 3.8) is 0 Å². The highest BCUT2D eigenvalue weighted by atomic mass is 16.2. The molecule has 8 nitrogen and oxygen atoms in total. The van der Waals surface area contributed by atoms with Crippen molar-refractivity contribution in [1.29, 1.82) is 0 Å². The van der Waals surface area contributed by atoms with E-state index in [9.17, 15) is 9.59 Å². The van der Waals surface area contributed by atoms with Crippen LogP contribution in [0.2, 0.25) is 0 Å². The van der Waals surface area contributed by atoms with E-state index < -0.39 is 0 Å². The molecule has 0 bridgehead atoms. The van der Waals surface area contributed by atoms with Gasteiger partial charge in [-0.05, 0) is 50.1 Å². The topological polar surface area (TPSA) is 94.7 Å². The highest BCUT2D eigenvalue weighted by Crippen LogP contribution is 2.26. The van der Waals surface area contributed by atoms with Gasteiger partial charge in [0, 0.05) is 49.4 Å². The van der Waals surface area contributed by atoms with Crippen LogP contribution >= 0.6 is 0 Å². The van der Waals surface area contributed by atoms with Crippen molar-refractivity contribution in [2.24, 2.45) is 7.05 Å². The third kappa shape index (κ3) is 3.68. The second-order valence-electron chi connectivity index (χ2n) is 8.29. The fourth-order valence-corrected chi connectivity index (χ4v) is 4.29. The number of nitrogens with one attached hydrogen (secondary N) is 1. The van der Waals surface area contributed by atoms with Crippen LogP contribution < -0.4 is 11.0 Å². The van der Waals surface area contributed by atoms with E-state index in [1.807, 2.05) is 43.3 Å². The maximum Gasteiger partial charge on any atom is 0.345 e. The van der Waals surface area contributed by atoms with Crippen molar-refractivity contribution < 1.29 is 4.79 Å². The van der Waals surface area contributed by atoms with E-state index in [-0.39, 0.29) is 17.6 Å². The Balaban J connectivity index is 1.46. The van der Waals surface area contributed by atoms with Gasteiger partial charge in [0.1, 0.15) is 5.82 Å². The number of rotatable bonds is 3. The van der Waals surface area contributed by atoms with E-state index in [0.717, 1.165) is 34.3 Å². The SMILES string of the molecule is Cc1ccc2nc(-c3cccnc3)cc(C(=O)NC3CCc4nn(C)c(=O)n4CC3)c2c1.